The van der Waals surface area contributed by atoms with Crippen LogP contribution in [0, 0.1) is 10.1 Å². The number of rotatable bonds is 10. The highest BCUT2D eigenvalue weighted by atomic mass is 16.6. The monoisotopic (exact) mass is 353 g/mol. The molecule has 1 rings (SSSR count). The average molecular weight is 353 g/mol. The van der Waals surface area contributed by atoms with Crippen LogP contribution in [0.4, 0.5) is 16.2 Å². The number of urea groups is 1. The molecule has 2 amide bonds. The first kappa shape index (κ1) is 19.9. The molecule has 0 heterocycles. The lowest BCUT2D eigenvalue weighted by atomic mass is 10.1. The second-order valence-corrected chi connectivity index (χ2v) is 5.29. The van der Waals surface area contributed by atoms with E-state index in [0.717, 1.165) is 0 Å². The Kier molecular flexibility index (Phi) is 7.83. The van der Waals surface area contributed by atoms with Crippen molar-refractivity contribution < 1.29 is 29.5 Å². The predicted molar refractivity (Wildman–Crippen MR) is 87.4 cm³/mol. The van der Waals surface area contributed by atoms with Gasteiger partial charge in [-0.25, -0.2) is 9.59 Å². The van der Waals surface area contributed by atoms with Gasteiger partial charge in [-0.2, -0.15) is 0 Å². The summed E-state index contributed by atoms with van der Waals surface area (Å²) in [5.74, 6) is -2.10. The summed E-state index contributed by atoms with van der Waals surface area (Å²) >= 11 is 0. The fourth-order valence-corrected chi connectivity index (χ4v) is 2.05. The standard InChI is InChI=1S/C15H19N3O7/c19-13(20)5-3-1-2-4-12(14(21)22)17-15(23)16-10-6-8-11(9-7-10)18(24)25/h6-9,12H,1-5H2,(H,19,20)(H,21,22)(H2,16,17,23)/t12-/m0/s1. The number of carbonyl (C=O) groups is 3. The molecule has 1 aromatic carbocycles. The Morgan fingerprint density at radius 3 is 2.24 bits per heavy atom. The van der Waals surface area contributed by atoms with E-state index < -0.39 is 28.9 Å². The maximum absolute atomic E-state index is 11.8. The molecule has 0 radical (unpaired) electrons. The number of benzene rings is 1. The molecule has 0 unspecified atom stereocenters. The van der Waals surface area contributed by atoms with Crippen molar-refractivity contribution >= 4 is 29.3 Å². The van der Waals surface area contributed by atoms with Crippen LogP contribution in [0.15, 0.2) is 24.3 Å². The normalized spacial score (nSPS) is 11.4. The third kappa shape index (κ3) is 7.77. The van der Waals surface area contributed by atoms with Gasteiger partial charge in [0.05, 0.1) is 4.92 Å². The van der Waals surface area contributed by atoms with Gasteiger partial charge in [-0.15, -0.1) is 0 Å². The molecular formula is C15H19N3O7. The Balaban J connectivity index is 2.46. The van der Waals surface area contributed by atoms with E-state index in [-0.39, 0.29) is 24.2 Å². The average Bonchev–Trinajstić information content (AvgIpc) is 2.53. The van der Waals surface area contributed by atoms with Crippen molar-refractivity contribution in [3.05, 3.63) is 34.4 Å². The number of aliphatic carboxylic acids is 2. The fourth-order valence-electron chi connectivity index (χ4n) is 2.05. The van der Waals surface area contributed by atoms with Crippen molar-refractivity contribution in [1.29, 1.82) is 0 Å². The van der Waals surface area contributed by atoms with Gasteiger partial charge in [0.15, 0.2) is 0 Å². The Morgan fingerprint density at radius 1 is 1.08 bits per heavy atom. The Morgan fingerprint density at radius 2 is 1.72 bits per heavy atom. The van der Waals surface area contributed by atoms with Gasteiger partial charge in [0.25, 0.3) is 5.69 Å². The molecule has 25 heavy (non-hydrogen) atoms. The highest BCUT2D eigenvalue weighted by Gasteiger charge is 2.19. The molecular weight excluding hydrogens is 334 g/mol. The highest BCUT2D eigenvalue weighted by Crippen LogP contribution is 2.15. The number of hydrogen-bond acceptors (Lipinski definition) is 5. The number of unbranched alkanes of at least 4 members (excludes halogenated alkanes) is 2. The maximum atomic E-state index is 11.8. The van der Waals surface area contributed by atoms with E-state index in [1.165, 1.54) is 24.3 Å². The van der Waals surface area contributed by atoms with Crippen LogP contribution in [-0.4, -0.2) is 39.1 Å². The molecule has 0 aliphatic rings. The van der Waals surface area contributed by atoms with Gasteiger partial charge in [0.2, 0.25) is 0 Å². The van der Waals surface area contributed by atoms with Gasteiger partial charge in [0, 0.05) is 24.2 Å². The molecule has 0 saturated heterocycles. The molecule has 0 aromatic heterocycles. The molecule has 1 aromatic rings. The molecule has 0 spiro atoms. The number of nitrogens with zero attached hydrogens (tertiary/aromatic N) is 1. The molecule has 4 N–H and O–H groups in total. The summed E-state index contributed by atoms with van der Waals surface area (Å²) in [4.78, 5) is 43.4. The SMILES string of the molecule is O=C(O)CCCCC[C@H](NC(=O)Nc1ccc([N+](=O)[O-])cc1)C(=O)O. The molecule has 10 nitrogen and oxygen atoms in total. The first-order chi connectivity index (χ1) is 11.8. The largest absolute Gasteiger partial charge is 0.481 e. The number of nitro benzene ring substituents is 1. The number of nitrogens with one attached hydrogen (secondary N) is 2. The minimum absolute atomic E-state index is 0.0196. The summed E-state index contributed by atoms with van der Waals surface area (Å²) in [5, 5.41) is 32.9. The van der Waals surface area contributed by atoms with E-state index in [9.17, 15) is 24.5 Å². The lowest BCUT2D eigenvalue weighted by Gasteiger charge is -2.15. The number of carboxylic acids is 2. The molecule has 0 fully saturated rings. The molecule has 136 valence electrons. The van der Waals surface area contributed by atoms with E-state index in [1.807, 2.05) is 0 Å². The highest BCUT2D eigenvalue weighted by molar-refractivity contribution is 5.92. The van der Waals surface area contributed by atoms with E-state index >= 15 is 0 Å². The third-order valence-corrected chi connectivity index (χ3v) is 3.32. The molecule has 0 saturated carbocycles. The van der Waals surface area contributed by atoms with E-state index in [2.05, 4.69) is 10.6 Å². The van der Waals surface area contributed by atoms with Crippen molar-refractivity contribution in [3.8, 4) is 0 Å². The zero-order valence-corrected chi connectivity index (χ0v) is 13.3. The Bertz CT molecular complexity index is 631. The second kappa shape index (κ2) is 9.85. The van der Waals surface area contributed by atoms with E-state index in [4.69, 9.17) is 10.2 Å². The number of carboxylic acid groups (broad SMARTS) is 2. The topological polar surface area (TPSA) is 159 Å². The van der Waals surface area contributed by atoms with Crippen LogP contribution in [0.5, 0.6) is 0 Å². The smallest absolute Gasteiger partial charge is 0.326 e. The summed E-state index contributed by atoms with van der Waals surface area (Å²) in [6.45, 7) is 0. The summed E-state index contributed by atoms with van der Waals surface area (Å²) < 4.78 is 0. The molecule has 10 heteroatoms. The van der Waals surface area contributed by atoms with E-state index in [1.54, 1.807) is 0 Å². The third-order valence-electron chi connectivity index (χ3n) is 3.32. The van der Waals surface area contributed by atoms with Crippen molar-refractivity contribution in [1.82, 2.24) is 5.32 Å². The van der Waals surface area contributed by atoms with E-state index in [0.29, 0.717) is 19.3 Å². The maximum Gasteiger partial charge on any atom is 0.326 e. The molecule has 0 bridgehead atoms. The first-order valence-corrected chi connectivity index (χ1v) is 7.56. The fraction of sp³-hybridized carbons (Fsp3) is 0.400. The number of anilines is 1. The van der Waals surface area contributed by atoms with Crippen molar-refractivity contribution in [2.24, 2.45) is 0 Å². The van der Waals surface area contributed by atoms with Gasteiger partial charge in [-0.05, 0) is 25.0 Å². The summed E-state index contributed by atoms with van der Waals surface area (Å²) in [7, 11) is 0. The zero-order chi connectivity index (χ0) is 18.8. The number of non-ortho nitro benzene ring substituents is 1. The van der Waals surface area contributed by atoms with Gasteiger partial charge in [-0.1, -0.05) is 12.8 Å². The number of hydrogen-bond donors (Lipinski definition) is 4. The second-order valence-electron chi connectivity index (χ2n) is 5.29. The van der Waals surface area contributed by atoms with Crippen LogP contribution in [0.25, 0.3) is 0 Å². The minimum atomic E-state index is -1.20. The predicted octanol–water partition coefficient (Wildman–Crippen LogP) is 2.20. The number of carbonyl (C=O) groups excluding carboxylic acids is 1. The van der Waals surface area contributed by atoms with Gasteiger partial charge < -0.3 is 20.8 Å². The molecule has 1 atom stereocenters. The van der Waals surface area contributed by atoms with Crippen molar-refractivity contribution in [2.75, 3.05) is 5.32 Å². The Labute approximate surface area is 143 Å². The lowest BCUT2D eigenvalue weighted by molar-refractivity contribution is -0.384. The molecule has 0 aliphatic carbocycles. The first-order valence-electron chi connectivity index (χ1n) is 7.56. The van der Waals surface area contributed by atoms with Crippen LogP contribution < -0.4 is 10.6 Å². The quantitative estimate of drug-likeness (QED) is 0.285. The van der Waals surface area contributed by atoms with Crippen LogP contribution in [0.1, 0.15) is 32.1 Å². The zero-order valence-electron chi connectivity index (χ0n) is 13.3. The van der Waals surface area contributed by atoms with Crippen molar-refractivity contribution in [2.45, 2.75) is 38.1 Å². The van der Waals surface area contributed by atoms with Crippen LogP contribution in [0.3, 0.4) is 0 Å². The number of amides is 2. The number of nitro groups is 1. The van der Waals surface area contributed by atoms with Crippen LogP contribution in [0.2, 0.25) is 0 Å². The summed E-state index contributed by atoms with van der Waals surface area (Å²) in [6.07, 6.45) is 1.63. The summed E-state index contributed by atoms with van der Waals surface area (Å²) in [5.41, 5.74) is 0.157. The Hall–Kier alpha value is -3.17. The van der Waals surface area contributed by atoms with Gasteiger partial charge in [0.1, 0.15) is 6.04 Å². The van der Waals surface area contributed by atoms with Gasteiger partial charge >= 0.3 is 18.0 Å². The van der Waals surface area contributed by atoms with Gasteiger partial charge in [-0.3, -0.25) is 14.9 Å². The van der Waals surface area contributed by atoms with Crippen molar-refractivity contribution in [3.63, 3.8) is 0 Å². The summed E-state index contributed by atoms with van der Waals surface area (Å²) in [6, 6.07) is 3.24. The lowest BCUT2D eigenvalue weighted by Crippen LogP contribution is -2.42. The van der Waals surface area contributed by atoms with Crippen LogP contribution in [-0.2, 0) is 9.59 Å². The molecule has 0 aliphatic heterocycles. The minimum Gasteiger partial charge on any atom is -0.481 e. The van der Waals surface area contributed by atoms with Crippen LogP contribution >= 0.6 is 0 Å².